The third-order valence-electron chi connectivity index (χ3n) is 1.46. The van der Waals surface area contributed by atoms with E-state index in [9.17, 15) is 13.2 Å². The van der Waals surface area contributed by atoms with Gasteiger partial charge < -0.3 is 4.43 Å². The highest BCUT2D eigenvalue weighted by Crippen LogP contribution is 2.20. The molecule has 1 aromatic rings. The Labute approximate surface area is 111 Å². The molecule has 0 spiro atoms. The average Bonchev–Trinajstić information content (AvgIpc) is 2.14. The van der Waals surface area contributed by atoms with Crippen LogP contribution >= 0.6 is 0 Å². The van der Waals surface area contributed by atoms with Crippen LogP contribution in [0.4, 0.5) is 13.2 Å². The van der Waals surface area contributed by atoms with Crippen LogP contribution in [-0.2, 0) is 10.1 Å². The van der Waals surface area contributed by atoms with Gasteiger partial charge >= 0.3 is 15.6 Å². The summed E-state index contributed by atoms with van der Waals surface area (Å²) in [4.78, 5) is 0. The predicted octanol–water partition coefficient (Wildman–Crippen LogP) is 3.29. The van der Waals surface area contributed by atoms with Crippen molar-refractivity contribution in [2.24, 2.45) is 0 Å². The summed E-state index contributed by atoms with van der Waals surface area (Å²) >= 11 is 0. The molecule has 0 heterocycles. The van der Waals surface area contributed by atoms with E-state index in [2.05, 4.69) is 19.6 Å². The molecule has 9 heteroatoms. The highest BCUT2D eigenvalue weighted by molar-refractivity contribution is 7.86. The van der Waals surface area contributed by atoms with Crippen molar-refractivity contribution in [3.05, 3.63) is 30.3 Å². The number of para-hydroxylation sites is 1. The van der Waals surface area contributed by atoms with E-state index in [1.807, 2.05) is 30.3 Å². The molecular weight excluding hydrogens is 301 g/mol. The summed E-state index contributed by atoms with van der Waals surface area (Å²) in [5.41, 5.74) is -5.53. The summed E-state index contributed by atoms with van der Waals surface area (Å²) in [6, 6.07) is 9.98. The maximum atomic E-state index is 10.7. The van der Waals surface area contributed by atoms with Gasteiger partial charge in [-0.25, -0.2) is 0 Å². The lowest BCUT2D eigenvalue weighted by atomic mass is 10.3. The molecule has 0 aliphatic rings. The van der Waals surface area contributed by atoms with Crippen molar-refractivity contribution in [2.75, 3.05) is 0 Å². The van der Waals surface area contributed by atoms with E-state index in [4.69, 9.17) is 17.4 Å². The SMILES string of the molecule is C[Si](C)(C)Oc1ccccc1.O=S(=O)(O)C(F)(F)F. The molecule has 0 bridgehead atoms. The first-order valence-corrected chi connectivity index (χ1v) is 9.95. The van der Waals surface area contributed by atoms with Crippen LogP contribution in [0, 0.1) is 0 Å². The van der Waals surface area contributed by atoms with E-state index in [1.54, 1.807) is 0 Å². The van der Waals surface area contributed by atoms with Crippen molar-refractivity contribution in [1.82, 2.24) is 0 Å². The molecule has 0 amide bonds. The van der Waals surface area contributed by atoms with Crippen LogP contribution in [-0.4, -0.2) is 26.8 Å². The van der Waals surface area contributed by atoms with Crippen LogP contribution in [0.1, 0.15) is 0 Å². The summed E-state index contributed by atoms with van der Waals surface area (Å²) in [7, 11) is -7.24. The van der Waals surface area contributed by atoms with Crippen LogP contribution in [0.15, 0.2) is 30.3 Å². The second kappa shape index (κ2) is 6.39. The van der Waals surface area contributed by atoms with Gasteiger partial charge in [-0.15, -0.1) is 0 Å². The van der Waals surface area contributed by atoms with Gasteiger partial charge in [-0.3, -0.25) is 4.55 Å². The maximum absolute atomic E-state index is 10.7. The molecule has 0 fully saturated rings. The molecule has 1 N–H and O–H groups in total. The average molecular weight is 316 g/mol. The molecule has 1 aromatic carbocycles. The number of halogens is 3. The van der Waals surface area contributed by atoms with E-state index in [0.29, 0.717) is 0 Å². The Morgan fingerprint density at radius 3 is 1.74 bits per heavy atom. The first-order chi connectivity index (χ1) is 8.33. The highest BCUT2D eigenvalue weighted by Gasteiger charge is 2.44. The zero-order valence-electron chi connectivity index (χ0n) is 10.6. The highest BCUT2D eigenvalue weighted by atomic mass is 32.2. The monoisotopic (exact) mass is 316 g/mol. The Morgan fingerprint density at radius 2 is 1.47 bits per heavy atom. The molecule has 0 atom stereocenters. The number of hydrogen-bond acceptors (Lipinski definition) is 3. The van der Waals surface area contributed by atoms with E-state index >= 15 is 0 Å². The van der Waals surface area contributed by atoms with Crippen LogP contribution in [0.5, 0.6) is 5.75 Å². The molecule has 0 aliphatic carbocycles. The fourth-order valence-corrected chi connectivity index (χ4v) is 1.69. The largest absolute Gasteiger partial charge is 0.544 e. The molecule has 1 rings (SSSR count). The van der Waals surface area contributed by atoms with Gasteiger partial charge in [0.1, 0.15) is 5.75 Å². The van der Waals surface area contributed by atoms with Gasteiger partial charge in [0.25, 0.3) is 0 Å². The van der Waals surface area contributed by atoms with E-state index in [-0.39, 0.29) is 0 Å². The first kappa shape index (κ1) is 17.9. The van der Waals surface area contributed by atoms with E-state index in [1.165, 1.54) is 0 Å². The molecule has 0 saturated heterocycles. The van der Waals surface area contributed by atoms with Crippen molar-refractivity contribution in [3.63, 3.8) is 0 Å². The van der Waals surface area contributed by atoms with Gasteiger partial charge in [0.05, 0.1) is 0 Å². The van der Waals surface area contributed by atoms with Crippen LogP contribution in [0.25, 0.3) is 0 Å². The lowest BCUT2D eigenvalue weighted by Crippen LogP contribution is -2.29. The summed E-state index contributed by atoms with van der Waals surface area (Å²) in [5.74, 6) is 0.992. The smallest absolute Gasteiger partial charge is 0.522 e. The Hall–Kier alpha value is -1.06. The quantitative estimate of drug-likeness (QED) is 0.516. The van der Waals surface area contributed by atoms with Gasteiger partial charge in [-0.1, -0.05) is 18.2 Å². The zero-order valence-corrected chi connectivity index (χ0v) is 12.4. The molecule has 110 valence electrons. The summed E-state index contributed by atoms with van der Waals surface area (Å²) in [6.45, 7) is 6.54. The van der Waals surface area contributed by atoms with E-state index in [0.717, 1.165) is 5.75 Å². The van der Waals surface area contributed by atoms with Crippen molar-refractivity contribution < 1.29 is 30.6 Å². The molecular formula is C10H15F3O4SSi. The summed E-state index contributed by atoms with van der Waals surface area (Å²) in [6.07, 6.45) is 0. The van der Waals surface area contributed by atoms with Crippen molar-refractivity contribution in [2.45, 2.75) is 25.1 Å². The Balaban J connectivity index is 0.000000362. The summed E-state index contributed by atoms with van der Waals surface area (Å²) in [5, 5.41) is 0. The molecule has 0 aliphatic heterocycles. The Bertz CT molecular complexity index is 480. The molecule has 0 unspecified atom stereocenters. The Kier molecular flexibility index (Phi) is 6.04. The van der Waals surface area contributed by atoms with E-state index < -0.39 is 23.9 Å². The lowest BCUT2D eigenvalue weighted by molar-refractivity contribution is -0.0510. The minimum atomic E-state index is -5.84. The minimum Gasteiger partial charge on any atom is -0.544 e. The van der Waals surface area contributed by atoms with Crippen LogP contribution < -0.4 is 4.43 Å². The van der Waals surface area contributed by atoms with Gasteiger partial charge in [0.15, 0.2) is 0 Å². The fraction of sp³-hybridized carbons (Fsp3) is 0.400. The topological polar surface area (TPSA) is 63.6 Å². The second-order valence-electron chi connectivity index (χ2n) is 4.45. The standard InChI is InChI=1S/C9H14OSi.CHF3O3S/c1-11(2,3)10-9-7-5-4-6-8-9;2-1(3,4)8(5,6)7/h4-8H,1-3H3;(H,5,6,7). The summed E-state index contributed by atoms with van der Waals surface area (Å²) < 4.78 is 63.3. The number of hydrogen-bond donors (Lipinski definition) is 1. The van der Waals surface area contributed by atoms with Gasteiger partial charge in [0, 0.05) is 0 Å². The first-order valence-electron chi connectivity index (χ1n) is 5.11. The van der Waals surface area contributed by atoms with Crippen molar-refractivity contribution >= 4 is 18.4 Å². The fourth-order valence-electron chi connectivity index (χ4n) is 0.842. The number of benzene rings is 1. The predicted molar refractivity (Wildman–Crippen MR) is 68.0 cm³/mol. The van der Waals surface area contributed by atoms with Gasteiger partial charge in [-0.05, 0) is 31.8 Å². The maximum Gasteiger partial charge on any atom is 0.522 e. The zero-order chi connectivity index (χ0) is 15.3. The van der Waals surface area contributed by atoms with Crippen LogP contribution in [0.3, 0.4) is 0 Å². The third kappa shape index (κ3) is 8.62. The molecule has 0 radical (unpaired) electrons. The third-order valence-corrected chi connectivity index (χ3v) is 2.89. The lowest BCUT2D eigenvalue weighted by Gasteiger charge is -2.18. The molecule has 0 aromatic heterocycles. The second-order valence-corrected chi connectivity index (χ2v) is 10.3. The van der Waals surface area contributed by atoms with Gasteiger partial charge in [0.2, 0.25) is 8.32 Å². The van der Waals surface area contributed by atoms with Crippen molar-refractivity contribution in [1.29, 1.82) is 0 Å². The Morgan fingerprint density at radius 1 is 1.11 bits per heavy atom. The molecule has 0 saturated carbocycles. The number of rotatable bonds is 2. The number of alkyl halides is 3. The molecule has 19 heavy (non-hydrogen) atoms. The van der Waals surface area contributed by atoms with Crippen molar-refractivity contribution in [3.8, 4) is 5.75 Å². The normalized spacial score (nSPS) is 12.4. The van der Waals surface area contributed by atoms with Gasteiger partial charge in [-0.2, -0.15) is 21.6 Å². The molecule has 4 nitrogen and oxygen atoms in total. The van der Waals surface area contributed by atoms with Crippen LogP contribution in [0.2, 0.25) is 19.6 Å². The minimum absolute atomic E-state index is 0.992.